The van der Waals surface area contributed by atoms with Crippen molar-refractivity contribution < 1.29 is 4.42 Å². The van der Waals surface area contributed by atoms with E-state index in [4.69, 9.17) is 4.42 Å². The summed E-state index contributed by atoms with van der Waals surface area (Å²) in [6.07, 6.45) is 6.83. The smallest absolute Gasteiger partial charge is 0.106 e. The van der Waals surface area contributed by atoms with E-state index >= 15 is 0 Å². The topological polar surface area (TPSA) is 13.1 Å². The predicted octanol–water partition coefficient (Wildman–Crippen LogP) is 4.21. The van der Waals surface area contributed by atoms with Gasteiger partial charge in [0.2, 0.25) is 0 Å². The van der Waals surface area contributed by atoms with Crippen LogP contribution in [-0.2, 0) is 12.8 Å². The minimum absolute atomic E-state index is 1.16. The highest BCUT2D eigenvalue weighted by molar-refractivity contribution is 5.19. The van der Waals surface area contributed by atoms with E-state index in [1.807, 2.05) is 27.7 Å². The summed E-state index contributed by atoms with van der Waals surface area (Å²) in [5.41, 5.74) is 1.43. The van der Waals surface area contributed by atoms with E-state index in [-0.39, 0.29) is 0 Å². The van der Waals surface area contributed by atoms with Crippen molar-refractivity contribution >= 4 is 0 Å². The molecule has 1 aliphatic rings. The zero-order valence-electron chi connectivity index (χ0n) is 9.39. The van der Waals surface area contributed by atoms with Crippen LogP contribution in [0, 0.1) is 0 Å². The quantitative estimate of drug-likeness (QED) is 0.585. The van der Waals surface area contributed by atoms with E-state index in [1.54, 1.807) is 6.26 Å². The van der Waals surface area contributed by atoms with E-state index in [1.165, 1.54) is 30.6 Å². The largest absolute Gasteiger partial charge is 0.469 e. The van der Waals surface area contributed by atoms with Crippen molar-refractivity contribution in [3.8, 4) is 0 Å². The van der Waals surface area contributed by atoms with Gasteiger partial charge < -0.3 is 4.42 Å². The van der Waals surface area contributed by atoms with Crippen LogP contribution in [0.4, 0.5) is 0 Å². The Morgan fingerprint density at radius 2 is 1.62 bits per heavy atom. The Hall–Kier alpha value is -0.720. The van der Waals surface area contributed by atoms with Crippen LogP contribution in [0.15, 0.2) is 16.7 Å². The van der Waals surface area contributed by atoms with Crippen LogP contribution < -0.4 is 0 Å². The van der Waals surface area contributed by atoms with E-state index in [9.17, 15) is 0 Å². The predicted molar refractivity (Wildman–Crippen MR) is 58.0 cm³/mol. The van der Waals surface area contributed by atoms with Crippen LogP contribution in [0.2, 0.25) is 0 Å². The first kappa shape index (κ1) is 12.3. The minimum Gasteiger partial charge on any atom is -0.469 e. The van der Waals surface area contributed by atoms with Crippen molar-refractivity contribution in [3.05, 3.63) is 23.7 Å². The Kier molecular flexibility index (Phi) is 7.47. The van der Waals surface area contributed by atoms with Gasteiger partial charge in [-0.15, -0.1) is 0 Å². The maximum atomic E-state index is 5.26. The van der Waals surface area contributed by atoms with Gasteiger partial charge in [-0.05, 0) is 30.9 Å². The lowest BCUT2D eigenvalue weighted by Crippen LogP contribution is -1.97. The maximum Gasteiger partial charge on any atom is 0.106 e. The fourth-order valence-corrected chi connectivity index (χ4v) is 1.41. The van der Waals surface area contributed by atoms with Gasteiger partial charge in [0.1, 0.15) is 5.76 Å². The summed E-state index contributed by atoms with van der Waals surface area (Å²) in [7, 11) is 0. The molecule has 0 saturated heterocycles. The molecule has 0 fully saturated rings. The Labute approximate surface area is 82.2 Å². The monoisotopic (exact) mass is 182 g/mol. The average Bonchev–Trinajstić information content (AvgIpc) is 2.71. The van der Waals surface area contributed by atoms with Gasteiger partial charge in [0.05, 0.1) is 6.26 Å². The number of hydrogen-bond acceptors (Lipinski definition) is 1. The fourth-order valence-electron chi connectivity index (χ4n) is 1.41. The van der Waals surface area contributed by atoms with E-state index in [0.29, 0.717) is 0 Å². The average molecular weight is 182 g/mol. The Morgan fingerprint density at radius 1 is 1.00 bits per heavy atom. The van der Waals surface area contributed by atoms with Gasteiger partial charge in [-0.2, -0.15) is 0 Å². The molecule has 0 unspecified atom stereocenters. The highest BCUT2D eigenvalue weighted by Gasteiger charge is 2.10. The summed E-state index contributed by atoms with van der Waals surface area (Å²) in [6, 6.07) is 2.09. The highest BCUT2D eigenvalue weighted by Crippen LogP contribution is 2.20. The molecule has 1 aromatic heterocycles. The van der Waals surface area contributed by atoms with Crippen molar-refractivity contribution in [3.63, 3.8) is 0 Å². The first-order valence-corrected chi connectivity index (χ1v) is 5.52. The van der Waals surface area contributed by atoms with Crippen LogP contribution >= 0.6 is 0 Å². The number of aryl methyl sites for hydroxylation is 2. The maximum absolute atomic E-state index is 5.26. The molecule has 0 spiro atoms. The molecule has 0 atom stereocenters. The van der Waals surface area contributed by atoms with Gasteiger partial charge in [0, 0.05) is 6.42 Å². The van der Waals surface area contributed by atoms with Gasteiger partial charge in [0.15, 0.2) is 0 Å². The molecule has 0 aromatic carbocycles. The minimum atomic E-state index is 1.16. The number of furan rings is 1. The third kappa shape index (κ3) is 3.67. The fraction of sp³-hybridized carbons (Fsp3) is 0.667. The van der Waals surface area contributed by atoms with Crippen molar-refractivity contribution in [1.82, 2.24) is 0 Å². The second kappa shape index (κ2) is 7.90. The lowest BCUT2D eigenvalue weighted by atomic mass is 9.99. The van der Waals surface area contributed by atoms with Crippen molar-refractivity contribution in [2.45, 2.75) is 53.4 Å². The highest BCUT2D eigenvalue weighted by atomic mass is 16.3. The van der Waals surface area contributed by atoms with Crippen molar-refractivity contribution in [2.24, 2.45) is 0 Å². The van der Waals surface area contributed by atoms with Gasteiger partial charge in [-0.1, -0.05) is 27.7 Å². The number of hydrogen-bond donors (Lipinski definition) is 0. The van der Waals surface area contributed by atoms with E-state index in [0.717, 1.165) is 6.42 Å². The number of fused-ring (bicyclic) bond motifs is 1. The van der Waals surface area contributed by atoms with Crippen molar-refractivity contribution in [2.75, 3.05) is 0 Å². The molecule has 0 amide bonds. The summed E-state index contributed by atoms with van der Waals surface area (Å²) in [6.45, 7) is 8.00. The lowest BCUT2D eigenvalue weighted by molar-refractivity contribution is 0.478. The zero-order chi connectivity index (χ0) is 10.1. The normalized spacial score (nSPS) is 12.9. The first-order valence-electron chi connectivity index (χ1n) is 5.52. The molecule has 1 heterocycles. The summed E-state index contributed by atoms with van der Waals surface area (Å²) < 4.78 is 5.26. The first-order chi connectivity index (χ1) is 6.47. The molecule has 0 N–H and O–H groups in total. The molecule has 76 valence electrons. The van der Waals surface area contributed by atoms with Gasteiger partial charge in [-0.3, -0.25) is 0 Å². The summed E-state index contributed by atoms with van der Waals surface area (Å²) in [5, 5.41) is 0. The molecule has 0 aliphatic heterocycles. The molecule has 1 heteroatoms. The van der Waals surface area contributed by atoms with Crippen LogP contribution in [0.25, 0.3) is 0 Å². The van der Waals surface area contributed by atoms with Crippen LogP contribution in [-0.4, -0.2) is 0 Å². The molecule has 13 heavy (non-hydrogen) atoms. The standard InChI is InChI=1S/C8H10O.2C2H6/c1-2-4-8-7(3-1)5-6-9-8;2*1-2/h5-6H,1-4H2;2*1-2H3. The second-order valence-corrected chi connectivity index (χ2v) is 2.58. The van der Waals surface area contributed by atoms with Gasteiger partial charge >= 0.3 is 0 Å². The molecule has 1 nitrogen and oxygen atoms in total. The lowest BCUT2D eigenvalue weighted by Gasteiger charge is -2.07. The van der Waals surface area contributed by atoms with E-state index < -0.39 is 0 Å². The van der Waals surface area contributed by atoms with Crippen LogP contribution in [0.1, 0.15) is 51.9 Å². The number of rotatable bonds is 0. The third-order valence-electron chi connectivity index (χ3n) is 1.94. The van der Waals surface area contributed by atoms with Crippen LogP contribution in [0.3, 0.4) is 0 Å². The van der Waals surface area contributed by atoms with E-state index in [2.05, 4.69) is 6.07 Å². The Balaban J connectivity index is 0.000000322. The zero-order valence-corrected chi connectivity index (χ0v) is 9.39. The second-order valence-electron chi connectivity index (χ2n) is 2.58. The van der Waals surface area contributed by atoms with Crippen molar-refractivity contribution in [1.29, 1.82) is 0 Å². The summed E-state index contributed by atoms with van der Waals surface area (Å²) >= 11 is 0. The summed E-state index contributed by atoms with van der Waals surface area (Å²) in [5.74, 6) is 1.22. The van der Waals surface area contributed by atoms with Gasteiger partial charge in [0.25, 0.3) is 0 Å². The molecule has 2 rings (SSSR count). The molecular formula is C12H22O. The molecule has 0 bridgehead atoms. The van der Waals surface area contributed by atoms with Crippen LogP contribution in [0.5, 0.6) is 0 Å². The third-order valence-corrected chi connectivity index (χ3v) is 1.94. The molecule has 1 aliphatic carbocycles. The van der Waals surface area contributed by atoms with Gasteiger partial charge in [-0.25, -0.2) is 0 Å². The Morgan fingerprint density at radius 3 is 2.23 bits per heavy atom. The SMILES string of the molecule is CC.CC.c1cc2c(o1)CCCC2. The molecule has 0 radical (unpaired) electrons. The Bertz CT molecular complexity index is 180. The summed E-state index contributed by atoms with van der Waals surface area (Å²) in [4.78, 5) is 0. The molecule has 1 aromatic rings. The molecular weight excluding hydrogens is 160 g/mol. The molecule has 0 saturated carbocycles.